The van der Waals surface area contributed by atoms with Crippen LogP contribution in [0.2, 0.25) is 0 Å². The highest BCUT2D eigenvalue weighted by atomic mass is 16.6. The number of hydrogen-bond acceptors (Lipinski definition) is 6. The first kappa shape index (κ1) is 13.7. The Morgan fingerprint density at radius 3 is 2.82 bits per heavy atom. The molecule has 0 aromatic carbocycles. The number of hydrogen-bond donors (Lipinski definition) is 2. The zero-order chi connectivity index (χ0) is 15.5. The van der Waals surface area contributed by atoms with E-state index >= 15 is 0 Å². The standard InChI is InChI=1S/C16H16O6/c17-10-3-4-15(8-14(20)21-12(15)6-10)16-7-11(18)2-1-9(16)5-13(19)22-16/h1-5,10-12,17-18H,6-8H2. The van der Waals surface area contributed by atoms with Crippen molar-refractivity contribution in [2.75, 3.05) is 0 Å². The highest BCUT2D eigenvalue weighted by Crippen LogP contribution is 2.58. The summed E-state index contributed by atoms with van der Waals surface area (Å²) in [7, 11) is 0. The normalized spacial score (nSPS) is 45.9. The third-order valence-electron chi connectivity index (χ3n) is 5.12. The lowest BCUT2D eigenvalue weighted by Gasteiger charge is -2.49. The number of carbonyl (C=O) groups is 2. The minimum Gasteiger partial charge on any atom is -0.461 e. The van der Waals surface area contributed by atoms with Gasteiger partial charge in [0, 0.05) is 24.5 Å². The summed E-state index contributed by atoms with van der Waals surface area (Å²) < 4.78 is 11.0. The van der Waals surface area contributed by atoms with Gasteiger partial charge in [0.05, 0.1) is 24.0 Å². The van der Waals surface area contributed by atoms with Crippen molar-refractivity contribution in [3.8, 4) is 0 Å². The first-order chi connectivity index (χ1) is 10.4. The molecule has 22 heavy (non-hydrogen) atoms. The molecule has 6 heteroatoms. The van der Waals surface area contributed by atoms with E-state index in [9.17, 15) is 19.8 Å². The first-order valence-corrected chi connectivity index (χ1v) is 7.33. The topological polar surface area (TPSA) is 93.1 Å². The maximum absolute atomic E-state index is 11.9. The van der Waals surface area contributed by atoms with Crippen LogP contribution in [0.4, 0.5) is 0 Å². The number of fused-ring (bicyclic) bond motifs is 3. The van der Waals surface area contributed by atoms with Crippen LogP contribution in [0.3, 0.4) is 0 Å². The van der Waals surface area contributed by atoms with Gasteiger partial charge in [0.2, 0.25) is 0 Å². The average molecular weight is 304 g/mol. The molecular weight excluding hydrogens is 288 g/mol. The van der Waals surface area contributed by atoms with Crippen LogP contribution in [0.15, 0.2) is 36.0 Å². The SMILES string of the molecule is O=C1C=C2C=CC(O)CC2(C23C=CC(O)CC2OC(=O)C3)O1. The van der Waals surface area contributed by atoms with Gasteiger partial charge in [0.1, 0.15) is 6.10 Å². The number of esters is 2. The van der Waals surface area contributed by atoms with E-state index in [1.807, 2.05) is 0 Å². The molecule has 1 saturated heterocycles. The Hall–Kier alpha value is -1.92. The number of rotatable bonds is 1. The van der Waals surface area contributed by atoms with Crippen LogP contribution >= 0.6 is 0 Å². The van der Waals surface area contributed by atoms with Crippen molar-refractivity contribution < 1.29 is 29.3 Å². The van der Waals surface area contributed by atoms with Crippen molar-refractivity contribution in [3.05, 3.63) is 36.0 Å². The second-order valence-corrected chi connectivity index (χ2v) is 6.34. The monoisotopic (exact) mass is 304 g/mol. The number of ether oxygens (including phenoxy) is 2. The van der Waals surface area contributed by atoms with E-state index in [0.717, 1.165) is 0 Å². The Bertz CT molecular complexity index is 647. The molecule has 5 atom stereocenters. The van der Waals surface area contributed by atoms with Crippen LogP contribution in [0.5, 0.6) is 0 Å². The summed E-state index contributed by atoms with van der Waals surface area (Å²) in [5.41, 5.74) is -1.36. The van der Waals surface area contributed by atoms with Crippen molar-refractivity contribution in [2.45, 2.75) is 43.2 Å². The molecule has 0 aromatic heterocycles. The van der Waals surface area contributed by atoms with Gasteiger partial charge in [-0.15, -0.1) is 0 Å². The van der Waals surface area contributed by atoms with E-state index in [4.69, 9.17) is 9.47 Å². The lowest BCUT2D eigenvalue weighted by Crippen LogP contribution is -2.57. The third kappa shape index (κ3) is 1.62. The minimum atomic E-state index is -1.12. The van der Waals surface area contributed by atoms with Crippen LogP contribution in [0, 0.1) is 5.41 Å². The van der Waals surface area contributed by atoms with Gasteiger partial charge in [-0.3, -0.25) is 4.79 Å². The molecule has 5 unspecified atom stereocenters. The van der Waals surface area contributed by atoms with E-state index in [2.05, 4.69) is 0 Å². The highest BCUT2D eigenvalue weighted by molar-refractivity contribution is 5.89. The Morgan fingerprint density at radius 2 is 2.00 bits per heavy atom. The second kappa shape index (κ2) is 4.30. The van der Waals surface area contributed by atoms with Crippen molar-refractivity contribution in [1.29, 1.82) is 0 Å². The van der Waals surface area contributed by atoms with Gasteiger partial charge in [0.25, 0.3) is 0 Å². The molecule has 0 spiro atoms. The molecule has 2 aliphatic carbocycles. The maximum Gasteiger partial charge on any atom is 0.332 e. The molecule has 4 aliphatic rings. The molecule has 6 nitrogen and oxygen atoms in total. The molecule has 0 bridgehead atoms. The number of carbonyl (C=O) groups excluding carboxylic acids is 2. The number of aliphatic hydroxyl groups is 2. The molecule has 2 N–H and O–H groups in total. The third-order valence-corrected chi connectivity index (χ3v) is 5.12. The number of aliphatic hydroxyl groups excluding tert-OH is 2. The van der Waals surface area contributed by atoms with Crippen molar-refractivity contribution in [3.63, 3.8) is 0 Å². The second-order valence-electron chi connectivity index (χ2n) is 6.34. The minimum absolute atomic E-state index is 0.0616. The van der Waals surface area contributed by atoms with E-state index in [0.29, 0.717) is 5.57 Å². The predicted octanol–water partition coefficient (Wildman–Crippen LogP) is 0.152. The van der Waals surface area contributed by atoms with E-state index in [-0.39, 0.29) is 25.2 Å². The fourth-order valence-corrected chi connectivity index (χ4v) is 4.18. The summed E-state index contributed by atoms with van der Waals surface area (Å²) in [6.07, 6.45) is 6.47. The summed E-state index contributed by atoms with van der Waals surface area (Å²) in [6, 6.07) is 0. The lowest BCUT2D eigenvalue weighted by atomic mass is 9.58. The molecule has 2 aliphatic heterocycles. The largest absolute Gasteiger partial charge is 0.461 e. The van der Waals surface area contributed by atoms with Gasteiger partial charge in [-0.1, -0.05) is 24.3 Å². The first-order valence-electron chi connectivity index (χ1n) is 7.33. The summed E-state index contributed by atoms with van der Waals surface area (Å²) >= 11 is 0. The zero-order valence-electron chi connectivity index (χ0n) is 11.8. The van der Waals surface area contributed by atoms with Gasteiger partial charge in [-0.05, 0) is 0 Å². The summed E-state index contributed by atoms with van der Waals surface area (Å²) in [5, 5.41) is 19.9. The summed E-state index contributed by atoms with van der Waals surface area (Å²) in [5.74, 6) is -0.870. The van der Waals surface area contributed by atoms with Gasteiger partial charge in [0.15, 0.2) is 5.60 Å². The molecule has 4 rings (SSSR count). The maximum atomic E-state index is 11.9. The molecule has 0 aromatic rings. The van der Waals surface area contributed by atoms with Crippen molar-refractivity contribution in [1.82, 2.24) is 0 Å². The van der Waals surface area contributed by atoms with Crippen LogP contribution in [0.1, 0.15) is 19.3 Å². The highest BCUT2D eigenvalue weighted by Gasteiger charge is 2.67. The Morgan fingerprint density at radius 1 is 1.18 bits per heavy atom. The molecular formula is C16H16O6. The van der Waals surface area contributed by atoms with E-state index in [1.54, 1.807) is 24.3 Å². The van der Waals surface area contributed by atoms with Crippen LogP contribution in [-0.4, -0.2) is 46.1 Å². The van der Waals surface area contributed by atoms with Crippen molar-refractivity contribution >= 4 is 11.9 Å². The smallest absolute Gasteiger partial charge is 0.332 e. The molecule has 1 fully saturated rings. The summed E-state index contributed by atoms with van der Waals surface area (Å²) in [6.45, 7) is 0. The Labute approximate surface area is 126 Å². The fraction of sp³-hybridized carbons (Fsp3) is 0.500. The fourth-order valence-electron chi connectivity index (χ4n) is 4.18. The van der Waals surface area contributed by atoms with Crippen LogP contribution in [0.25, 0.3) is 0 Å². The van der Waals surface area contributed by atoms with Gasteiger partial charge < -0.3 is 19.7 Å². The molecule has 0 saturated carbocycles. The van der Waals surface area contributed by atoms with Crippen LogP contribution < -0.4 is 0 Å². The predicted molar refractivity (Wildman–Crippen MR) is 73.4 cm³/mol. The molecule has 2 heterocycles. The van der Waals surface area contributed by atoms with E-state index in [1.165, 1.54) is 6.08 Å². The molecule has 0 amide bonds. The van der Waals surface area contributed by atoms with Gasteiger partial charge in [-0.25, -0.2) is 4.79 Å². The zero-order valence-corrected chi connectivity index (χ0v) is 11.8. The Kier molecular flexibility index (Phi) is 2.68. The lowest BCUT2D eigenvalue weighted by molar-refractivity contribution is -0.165. The quantitative estimate of drug-likeness (QED) is 0.529. The molecule has 0 radical (unpaired) electrons. The summed E-state index contributed by atoms with van der Waals surface area (Å²) in [4.78, 5) is 23.8. The van der Waals surface area contributed by atoms with Crippen molar-refractivity contribution in [2.24, 2.45) is 5.41 Å². The average Bonchev–Trinajstić information content (AvgIpc) is 2.95. The molecule has 116 valence electrons. The Balaban J connectivity index is 1.89. The van der Waals surface area contributed by atoms with E-state index < -0.39 is 35.3 Å². The van der Waals surface area contributed by atoms with Gasteiger partial charge >= 0.3 is 11.9 Å². The van der Waals surface area contributed by atoms with Gasteiger partial charge in [-0.2, -0.15) is 0 Å². The van der Waals surface area contributed by atoms with Crippen LogP contribution in [-0.2, 0) is 19.1 Å².